The summed E-state index contributed by atoms with van der Waals surface area (Å²) < 4.78 is 15.8. The minimum Gasteiger partial charge on any atom is -0.383 e. The zero-order valence-electron chi connectivity index (χ0n) is 12.7. The summed E-state index contributed by atoms with van der Waals surface area (Å²) in [6, 6.07) is 0.308. The van der Waals surface area contributed by atoms with E-state index in [1.54, 1.807) is 21.3 Å². The number of ether oxygens (including phenoxy) is 3. The first-order chi connectivity index (χ1) is 8.48. The van der Waals surface area contributed by atoms with E-state index in [1.807, 2.05) is 0 Å². The fraction of sp³-hybridized carbons (Fsp3) is 1.00. The van der Waals surface area contributed by atoms with Crippen molar-refractivity contribution in [1.29, 1.82) is 0 Å². The Balaban J connectivity index is 4.84. The number of nitrogens with zero attached hydrogens (tertiary/aromatic N) is 1. The van der Waals surface area contributed by atoms with Crippen molar-refractivity contribution in [2.75, 3.05) is 41.0 Å². The molecule has 0 aromatic rings. The highest BCUT2D eigenvalue weighted by Crippen LogP contribution is 2.24. The van der Waals surface area contributed by atoms with Crippen LogP contribution in [0.1, 0.15) is 27.2 Å². The first kappa shape index (κ1) is 17.8. The SMILES string of the molecule is CCN(C(C)COC)C(C)(CN)CC(OC)OC. The van der Waals surface area contributed by atoms with Gasteiger partial charge in [0.15, 0.2) is 6.29 Å². The van der Waals surface area contributed by atoms with E-state index in [0.717, 1.165) is 13.0 Å². The molecule has 0 aromatic heterocycles. The third-order valence-corrected chi connectivity index (χ3v) is 3.55. The monoisotopic (exact) mass is 262 g/mol. The molecule has 0 spiro atoms. The van der Waals surface area contributed by atoms with Crippen molar-refractivity contribution in [3.05, 3.63) is 0 Å². The van der Waals surface area contributed by atoms with Crippen molar-refractivity contribution in [3.63, 3.8) is 0 Å². The van der Waals surface area contributed by atoms with Gasteiger partial charge in [0, 0.05) is 45.9 Å². The molecule has 2 unspecified atom stereocenters. The van der Waals surface area contributed by atoms with Gasteiger partial charge in [-0.15, -0.1) is 0 Å². The first-order valence-electron chi connectivity index (χ1n) is 6.50. The van der Waals surface area contributed by atoms with Gasteiger partial charge >= 0.3 is 0 Å². The van der Waals surface area contributed by atoms with E-state index < -0.39 is 0 Å². The summed E-state index contributed by atoms with van der Waals surface area (Å²) in [4.78, 5) is 2.35. The Hall–Kier alpha value is -0.200. The van der Waals surface area contributed by atoms with Crippen LogP contribution in [0.5, 0.6) is 0 Å². The van der Waals surface area contributed by atoms with E-state index in [1.165, 1.54) is 0 Å². The van der Waals surface area contributed by atoms with Crippen molar-refractivity contribution < 1.29 is 14.2 Å². The molecule has 0 saturated carbocycles. The standard InChI is InChI=1S/C13H30N2O3/c1-7-15(11(2)9-16-4)13(3,10-14)8-12(17-5)18-6/h11-12H,7-10,14H2,1-6H3. The molecule has 0 bridgehead atoms. The van der Waals surface area contributed by atoms with Gasteiger partial charge in [0.2, 0.25) is 0 Å². The Kier molecular flexibility index (Phi) is 8.73. The predicted octanol–water partition coefficient (Wildman–Crippen LogP) is 1.07. The predicted molar refractivity (Wildman–Crippen MR) is 73.6 cm³/mol. The minimum absolute atomic E-state index is 0.163. The first-order valence-corrected chi connectivity index (χ1v) is 6.50. The summed E-state index contributed by atoms with van der Waals surface area (Å²) in [5.41, 5.74) is 5.82. The molecule has 0 amide bonds. The van der Waals surface area contributed by atoms with Crippen LogP contribution >= 0.6 is 0 Å². The van der Waals surface area contributed by atoms with Gasteiger partial charge in [-0.3, -0.25) is 4.90 Å². The Morgan fingerprint density at radius 2 is 1.78 bits per heavy atom. The van der Waals surface area contributed by atoms with Crippen molar-refractivity contribution in [1.82, 2.24) is 4.90 Å². The van der Waals surface area contributed by atoms with Gasteiger partial charge in [-0.25, -0.2) is 0 Å². The van der Waals surface area contributed by atoms with E-state index in [4.69, 9.17) is 19.9 Å². The van der Waals surface area contributed by atoms with Crippen LogP contribution < -0.4 is 5.73 Å². The van der Waals surface area contributed by atoms with Gasteiger partial charge in [0.05, 0.1) is 6.61 Å². The molecule has 5 heteroatoms. The molecule has 18 heavy (non-hydrogen) atoms. The average molecular weight is 262 g/mol. The lowest BCUT2D eigenvalue weighted by molar-refractivity contribution is -0.132. The van der Waals surface area contributed by atoms with Crippen LogP contribution in [0.2, 0.25) is 0 Å². The molecule has 110 valence electrons. The Labute approximate surface area is 112 Å². The minimum atomic E-state index is -0.234. The molecule has 0 aliphatic heterocycles. The molecule has 0 saturated heterocycles. The smallest absolute Gasteiger partial charge is 0.158 e. The van der Waals surface area contributed by atoms with E-state index in [2.05, 4.69) is 25.7 Å². The maximum Gasteiger partial charge on any atom is 0.158 e. The molecular weight excluding hydrogens is 232 g/mol. The lowest BCUT2D eigenvalue weighted by atomic mass is 9.93. The lowest BCUT2D eigenvalue weighted by Crippen LogP contribution is -2.57. The molecule has 0 aromatic carbocycles. The summed E-state index contributed by atoms with van der Waals surface area (Å²) in [5.74, 6) is 0. The van der Waals surface area contributed by atoms with Gasteiger partial charge in [-0.05, 0) is 20.4 Å². The van der Waals surface area contributed by atoms with Crippen molar-refractivity contribution in [2.45, 2.75) is 45.1 Å². The topological polar surface area (TPSA) is 57.0 Å². The molecular formula is C13H30N2O3. The van der Waals surface area contributed by atoms with Crippen LogP contribution in [-0.4, -0.2) is 63.8 Å². The zero-order chi connectivity index (χ0) is 14.2. The quantitative estimate of drug-likeness (QED) is 0.597. The third-order valence-electron chi connectivity index (χ3n) is 3.55. The summed E-state index contributed by atoms with van der Waals surface area (Å²) in [6.45, 7) is 8.59. The molecule has 0 radical (unpaired) electrons. The highest BCUT2D eigenvalue weighted by molar-refractivity contribution is 4.90. The van der Waals surface area contributed by atoms with Gasteiger partial charge in [0.1, 0.15) is 0 Å². The molecule has 0 heterocycles. The van der Waals surface area contributed by atoms with Crippen molar-refractivity contribution in [3.8, 4) is 0 Å². The average Bonchev–Trinajstić information content (AvgIpc) is 2.37. The summed E-state index contributed by atoms with van der Waals surface area (Å²) in [5, 5.41) is 0. The number of likely N-dealkylation sites (N-methyl/N-ethyl adjacent to an activating group) is 1. The van der Waals surface area contributed by atoms with Crippen LogP contribution in [0, 0.1) is 0 Å². The zero-order valence-corrected chi connectivity index (χ0v) is 12.7. The second-order valence-electron chi connectivity index (χ2n) is 4.90. The van der Waals surface area contributed by atoms with E-state index >= 15 is 0 Å². The fourth-order valence-corrected chi connectivity index (χ4v) is 2.50. The van der Waals surface area contributed by atoms with Crippen LogP contribution in [0.15, 0.2) is 0 Å². The number of hydrogen-bond acceptors (Lipinski definition) is 5. The van der Waals surface area contributed by atoms with Crippen LogP contribution in [-0.2, 0) is 14.2 Å². The number of nitrogens with two attached hydrogens (primary N) is 1. The summed E-state index contributed by atoms with van der Waals surface area (Å²) in [6.07, 6.45) is 0.501. The van der Waals surface area contributed by atoms with Crippen molar-refractivity contribution in [2.24, 2.45) is 5.73 Å². The lowest BCUT2D eigenvalue weighted by Gasteiger charge is -2.44. The van der Waals surface area contributed by atoms with E-state index in [9.17, 15) is 0 Å². The van der Waals surface area contributed by atoms with Crippen LogP contribution in [0.4, 0.5) is 0 Å². The Morgan fingerprint density at radius 1 is 1.22 bits per heavy atom. The highest BCUT2D eigenvalue weighted by atomic mass is 16.7. The van der Waals surface area contributed by atoms with Gasteiger partial charge in [-0.1, -0.05) is 6.92 Å². The highest BCUT2D eigenvalue weighted by Gasteiger charge is 2.35. The molecule has 0 aliphatic carbocycles. The van der Waals surface area contributed by atoms with E-state index in [0.29, 0.717) is 19.2 Å². The number of hydrogen-bond donors (Lipinski definition) is 1. The largest absolute Gasteiger partial charge is 0.383 e. The molecule has 0 rings (SSSR count). The Morgan fingerprint density at radius 3 is 2.11 bits per heavy atom. The summed E-state index contributed by atoms with van der Waals surface area (Å²) >= 11 is 0. The van der Waals surface area contributed by atoms with Gasteiger partial charge in [-0.2, -0.15) is 0 Å². The molecule has 5 nitrogen and oxygen atoms in total. The third kappa shape index (κ3) is 4.82. The fourth-order valence-electron chi connectivity index (χ4n) is 2.50. The number of methoxy groups -OCH3 is 3. The van der Waals surface area contributed by atoms with Crippen LogP contribution in [0.25, 0.3) is 0 Å². The molecule has 0 fully saturated rings. The maximum atomic E-state index is 5.98. The van der Waals surface area contributed by atoms with Crippen LogP contribution in [0.3, 0.4) is 0 Å². The molecule has 2 N–H and O–H groups in total. The van der Waals surface area contributed by atoms with Gasteiger partial charge in [0.25, 0.3) is 0 Å². The maximum absolute atomic E-state index is 5.98. The van der Waals surface area contributed by atoms with E-state index in [-0.39, 0.29) is 11.8 Å². The molecule has 2 atom stereocenters. The Bertz CT molecular complexity index is 212. The molecule has 0 aliphatic rings. The van der Waals surface area contributed by atoms with Crippen molar-refractivity contribution >= 4 is 0 Å². The second-order valence-corrected chi connectivity index (χ2v) is 4.90. The normalized spacial score (nSPS) is 17.2. The van der Waals surface area contributed by atoms with Gasteiger partial charge < -0.3 is 19.9 Å². The number of rotatable bonds is 10. The second kappa shape index (κ2) is 8.82. The summed E-state index contributed by atoms with van der Waals surface area (Å²) in [7, 11) is 5.02.